The van der Waals surface area contributed by atoms with Gasteiger partial charge in [0.25, 0.3) is 0 Å². The van der Waals surface area contributed by atoms with Gasteiger partial charge in [-0.1, -0.05) is 42.0 Å². The summed E-state index contributed by atoms with van der Waals surface area (Å²) in [4.78, 5) is 12.5. The van der Waals surface area contributed by atoms with Gasteiger partial charge in [-0.2, -0.15) is 8.42 Å². The van der Waals surface area contributed by atoms with Crippen LogP contribution in [-0.2, 0) is 29.6 Å². The highest BCUT2D eigenvalue weighted by Gasteiger charge is 2.39. The summed E-state index contributed by atoms with van der Waals surface area (Å²) in [6.07, 6.45) is -1.05. The number of carbonyl (C=O) groups is 1. The third-order valence-electron chi connectivity index (χ3n) is 3.78. The van der Waals surface area contributed by atoms with E-state index in [0.29, 0.717) is 11.1 Å². The van der Waals surface area contributed by atoms with E-state index < -0.39 is 39.3 Å². The molecule has 0 fully saturated rings. The summed E-state index contributed by atoms with van der Waals surface area (Å²) in [5.41, 5.74) is 7.50. The van der Waals surface area contributed by atoms with Crippen LogP contribution in [-0.4, -0.2) is 14.2 Å². The topological polar surface area (TPSA) is 95.7 Å². The van der Waals surface area contributed by atoms with Gasteiger partial charge in [0.15, 0.2) is 6.10 Å². The summed E-state index contributed by atoms with van der Waals surface area (Å²) in [5.74, 6) is -2.62. The van der Waals surface area contributed by atoms with Crippen molar-refractivity contribution in [3.63, 3.8) is 0 Å². The second kappa shape index (κ2) is 6.80. The van der Waals surface area contributed by atoms with Crippen molar-refractivity contribution < 1.29 is 26.5 Å². The fourth-order valence-corrected chi connectivity index (χ4v) is 3.54. The number of nitrogens with two attached hydrogens (primary N) is 1. The Hall–Kier alpha value is -2.87. The molecule has 6 nitrogen and oxygen atoms in total. The minimum atomic E-state index is -4.17. The summed E-state index contributed by atoms with van der Waals surface area (Å²) in [5, 5.41) is 0. The molecule has 2 aromatic rings. The van der Waals surface area contributed by atoms with E-state index in [9.17, 15) is 17.6 Å². The molecule has 1 heterocycles. The molecular weight excluding hydrogens is 361 g/mol. The first-order valence-electron chi connectivity index (χ1n) is 7.69. The number of benzene rings is 2. The number of aryl methyl sites for hydroxylation is 1. The lowest BCUT2D eigenvalue weighted by molar-refractivity contribution is -0.123. The van der Waals surface area contributed by atoms with Crippen molar-refractivity contribution in [2.75, 3.05) is 0 Å². The average Bonchev–Trinajstić information content (AvgIpc) is 2.85. The zero-order valence-corrected chi connectivity index (χ0v) is 14.6. The van der Waals surface area contributed by atoms with Crippen LogP contribution in [0.2, 0.25) is 0 Å². The van der Waals surface area contributed by atoms with Gasteiger partial charge in [-0.05, 0) is 24.6 Å². The number of hydrogen-bond acceptors (Lipinski definition) is 6. The average molecular weight is 377 g/mol. The number of ether oxygens (including phenoxy) is 1. The molecule has 1 aliphatic heterocycles. The van der Waals surface area contributed by atoms with E-state index in [0.717, 1.165) is 17.7 Å². The van der Waals surface area contributed by atoms with Crippen molar-refractivity contribution in [1.82, 2.24) is 0 Å². The maximum Gasteiger partial charge on any atom is 0.313 e. The van der Waals surface area contributed by atoms with E-state index in [-0.39, 0.29) is 5.88 Å². The molecule has 0 radical (unpaired) electrons. The van der Waals surface area contributed by atoms with Crippen molar-refractivity contribution in [2.45, 2.75) is 18.8 Å². The fraction of sp³-hybridized carbons (Fsp3) is 0.167. The minimum absolute atomic E-state index is 0.312. The molecule has 136 valence electrons. The molecule has 3 rings (SSSR count). The van der Waals surface area contributed by atoms with E-state index in [1.54, 1.807) is 24.3 Å². The molecule has 1 unspecified atom stereocenters. The van der Waals surface area contributed by atoms with Gasteiger partial charge in [0.1, 0.15) is 11.6 Å². The number of halogens is 1. The number of Topliss-reactive ketones (excluding diaryl/α,β-unsaturated/α-hetero) is 1. The predicted octanol–water partition coefficient (Wildman–Crippen LogP) is 2.45. The SMILES string of the molecule is Cc1ccc(C2OC(N)=C(OS(=O)(=O)Cc3ccc(F)cc3)C2=O)cc1. The highest BCUT2D eigenvalue weighted by molar-refractivity contribution is 7.86. The first kappa shape index (κ1) is 17.9. The Morgan fingerprint density at radius 1 is 1.12 bits per heavy atom. The van der Waals surface area contributed by atoms with Crippen LogP contribution < -0.4 is 5.73 Å². The van der Waals surface area contributed by atoms with Crippen LogP contribution in [0.25, 0.3) is 0 Å². The third-order valence-corrected chi connectivity index (χ3v) is 4.89. The van der Waals surface area contributed by atoms with Crippen LogP contribution in [0.4, 0.5) is 4.39 Å². The van der Waals surface area contributed by atoms with Crippen molar-refractivity contribution in [3.05, 3.63) is 82.7 Å². The summed E-state index contributed by atoms with van der Waals surface area (Å²) in [6, 6.07) is 11.9. The summed E-state index contributed by atoms with van der Waals surface area (Å²) >= 11 is 0. The van der Waals surface area contributed by atoms with Gasteiger partial charge in [0, 0.05) is 5.56 Å². The molecule has 1 aliphatic rings. The van der Waals surface area contributed by atoms with E-state index in [4.69, 9.17) is 14.7 Å². The van der Waals surface area contributed by atoms with Gasteiger partial charge >= 0.3 is 10.1 Å². The largest absolute Gasteiger partial charge is 0.460 e. The van der Waals surface area contributed by atoms with Crippen LogP contribution in [0.1, 0.15) is 22.8 Å². The molecule has 2 N–H and O–H groups in total. The number of carbonyl (C=O) groups excluding carboxylic acids is 1. The second-order valence-electron chi connectivity index (χ2n) is 5.88. The third kappa shape index (κ3) is 3.85. The van der Waals surface area contributed by atoms with E-state index >= 15 is 0 Å². The van der Waals surface area contributed by atoms with Crippen molar-refractivity contribution >= 4 is 15.9 Å². The first-order chi connectivity index (χ1) is 12.2. The minimum Gasteiger partial charge on any atom is -0.460 e. The van der Waals surface area contributed by atoms with Crippen LogP contribution >= 0.6 is 0 Å². The molecule has 0 amide bonds. The van der Waals surface area contributed by atoms with E-state index in [1.165, 1.54) is 12.1 Å². The fourth-order valence-electron chi connectivity index (χ4n) is 2.46. The van der Waals surface area contributed by atoms with Crippen LogP contribution in [0.3, 0.4) is 0 Å². The smallest absolute Gasteiger partial charge is 0.313 e. The molecule has 8 heteroatoms. The number of rotatable bonds is 5. The Balaban J connectivity index is 1.76. The monoisotopic (exact) mass is 377 g/mol. The van der Waals surface area contributed by atoms with Crippen LogP contribution in [0.15, 0.2) is 60.2 Å². The standard InChI is InChI=1S/C18H16FNO5S/c1-11-2-6-13(7-3-11)16-15(21)17(18(20)24-16)25-26(22,23)10-12-4-8-14(19)9-5-12/h2-9,16H,10,20H2,1H3. The molecule has 2 aromatic carbocycles. The lowest BCUT2D eigenvalue weighted by Crippen LogP contribution is -2.16. The summed E-state index contributed by atoms with van der Waals surface area (Å²) in [6.45, 7) is 1.89. The Labute approximate surface area is 150 Å². The molecule has 0 bridgehead atoms. The van der Waals surface area contributed by atoms with Gasteiger partial charge in [0.05, 0.1) is 0 Å². The maximum absolute atomic E-state index is 12.9. The van der Waals surface area contributed by atoms with Crippen LogP contribution in [0, 0.1) is 12.7 Å². The van der Waals surface area contributed by atoms with E-state index in [2.05, 4.69) is 0 Å². The summed E-state index contributed by atoms with van der Waals surface area (Å²) in [7, 11) is -4.17. The maximum atomic E-state index is 12.9. The zero-order chi connectivity index (χ0) is 18.9. The Morgan fingerprint density at radius 2 is 1.73 bits per heavy atom. The number of hydrogen-bond donors (Lipinski definition) is 1. The molecule has 0 spiro atoms. The molecule has 0 saturated carbocycles. The first-order valence-corrected chi connectivity index (χ1v) is 9.27. The van der Waals surface area contributed by atoms with E-state index in [1.807, 2.05) is 6.92 Å². The van der Waals surface area contributed by atoms with Gasteiger partial charge in [0.2, 0.25) is 17.4 Å². The van der Waals surface area contributed by atoms with Crippen molar-refractivity contribution in [3.8, 4) is 0 Å². The Morgan fingerprint density at radius 3 is 2.35 bits per heavy atom. The van der Waals surface area contributed by atoms with Gasteiger partial charge in [-0.15, -0.1) is 0 Å². The normalized spacial score (nSPS) is 17.3. The predicted molar refractivity (Wildman–Crippen MR) is 91.3 cm³/mol. The number of ketones is 1. The van der Waals surface area contributed by atoms with Crippen LogP contribution in [0.5, 0.6) is 0 Å². The zero-order valence-electron chi connectivity index (χ0n) is 13.8. The van der Waals surface area contributed by atoms with Crippen molar-refractivity contribution in [1.29, 1.82) is 0 Å². The summed E-state index contributed by atoms with van der Waals surface area (Å²) < 4.78 is 47.5. The molecule has 0 aliphatic carbocycles. The van der Waals surface area contributed by atoms with Gasteiger partial charge in [-0.3, -0.25) is 4.79 Å². The molecule has 0 saturated heterocycles. The molecular formula is C18H16FNO5S. The lowest BCUT2D eigenvalue weighted by atomic mass is 10.0. The highest BCUT2D eigenvalue weighted by Crippen LogP contribution is 2.32. The second-order valence-corrected chi connectivity index (χ2v) is 7.45. The Kier molecular flexibility index (Phi) is 4.69. The lowest BCUT2D eigenvalue weighted by Gasteiger charge is -2.10. The van der Waals surface area contributed by atoms with Crippen molar-refractivity contribution in [2.24, 2.45) is 5.73 Å². The molecule has 1 atom stereocenters. The van der Waals surface area contributed by atoms with Gasteiger partial charge < -0.3 is 14.7 Å². The molecule has 0 aromatic heterocycles. The molecule has 26 heavy (non-hydrogen) atoms. The van der Waals surface area contributed by atoms with Gasteiger partial charge in [-0.25, -0.2) is 4.39 Å². The highest BCUT2D eigenvalue weighted by atomic mass is 32.2. The Bertz CT molecular complexity index is 966. The quantitative estimate of drug-likeness (QED) is 0.804.